The van der Waals surface area contributed by atoms with Crippen LogP contribution in [0.4, 0.5) is 5.69 Å². The molecular weight excluding hydrogens is 258 g/mol. The molecular formula is C14H19N3O3. The maximum absolute atomic E-state index is 12.1. The van der Waals surface area contributed by atoms with Crippen LogP contribution in [0.5, 0.6) is 0 Å². The number of nitrogens with one attached hydrogen (secondary N) is 2. The number of carbonyl (C=O) groups is 1. The van der Waals surface area contributed by atoms with Crippen molar-refractivity contribution >= 4 is 11.6 Å². The van der Waals surface area contributed by atoms with Crippen LogP contribution in [0, 0.1) is 17.0 Å². The van der Waals surface area contributed by atoms with Gasteiger partial charge >= 0.3 is 0 Å². The van der Waals surface area contributed by atoms with Crippen molar-refractivity contribution in [2.75, 3.05) is 13.1 Å². The van der Waals surface area contributed by atoms with Gasteiger partial charge in [0.15, 0.2) is 0 Å². The van der Waals surface area contributed by atoms with E-state index in [-0.39, 0.29) is 11.6 Å². The van der Waals surface area contributed by atoms with E-state index in [0.29, 0.717) is 23.7 Å². The summed E-state index contributed by atoms with van der Waals surface area (Å²) in [5.74, 6) is -0.246. The largest absolute Gasteiger partial charge is 0.352 e. The summed E-state index contributed by atoms with van der Waals surface area (Å²) in [5, 5.41) is 17.0. The lowest BCUT2D eigenvalue weighted by molar-refractivity contribution is -0.385. The summed E-state index contributed by atoms with van der Waals surface area (Å²) in [6.45, 7) is 3.23. The Labute approximate surface area is 117 Å². The zero-order valence-electron chi connectivity index (χ0n) is 11.5. The fourth-order valence-electron chi connectivity index (χ4n) is 2.53. The molecule has 1 amide bonds. The van der Waals surface area contributed by atoms with Gasteiger partial charge in [0.25, 0.3) is 11.6 Å². The molecule has 1 aromatic rings. The first kappa shape index (κ1) is 14.5. The lowest BCUT2D eigenvalue weighted by atomic mass is 10.1. The van der Waals surface area contributed by atoms with Crippen molar-refractivity contribution < 1.29 is 9.72 Å². The van der Waals surface area contributed by atoms with Crippen LogP contribution in [0.25, 0.3) is 0 Å². The number of hydrogen-bond acceptors (Lipinski definition) is 4. The Kier molecular flexibility index (Phi) is 4.68. The van der Waals surface area contributed by atoms with E-state index >= 15 is 0 Å². The van der Waals surface area contributed by atoms with Gasteiger partial charge in [0.1, 0.15) is 0 Å². The molecule has 1 aliphatic heterocycles. The molecule has 0 bridgehead atoms. The summed E-state index contributed by atoms with van der Waals surface area (Å²) < 4.78 is 0. The molecule has 1 heterocycles. The molecule has 1 aliphatic rings. The Morgan fingerprint density at radius 2 is 2.35 bits per heavy atom. The predicted molar refractivity (Wildman–Crippen MR) is 75.8 cm³/mol. The summed E-state index contributed by atoms with van der Waals surface area (Å²) in [6, 6.07) is 5.04. The van der Waals surface area contributed by atoms with Crippen molar-refractivity contribution in [2.45, 2.75) is 32.2 Å². The number of nitro benzene ring substituents is 1. The van der Waals surface area contributed by atoms with Gasteiger partial charge in [-0.25, -0.2) is 0 Å². The minimum atomic E-state index is -0.464. The quantitative estimate of drug-likeness (QED) is 0.634. The van der Waals surface area contributed by atoms with Crippen LogP contribution in [-0.4, -0.2) is 30.0 Å². The SMILES string of the molecule is Cc1c(C(=O)NCCC2CCCN2)cccc1[N+](=O)[O-]. The molecule has 1 fully saturated rings. The molecule has 1 saturated heterocycles. The third-order valence-corrected chi connectivity index (χ3v) is 3.69. The van der Waals surface area contributed by atoms with Crippen molar-refractivity contribution in [2.24, 2.45) is 0 Å². The molecule has 0 radical (unpaired) electrons. The maximum Gasteiger partial charge on any atom is 0.273 e. The van der Waals surface area contributed by atoms with Gasteiger partial charge in [-0.05, 0) is 38.8 Å². The zero-order valence-corrected chi connectivity index (χ0v) is 11.5. The van der Waals surface area contributed by atoms with Crippen molar-refractivity contribution in [1.82, 2.24) is 10.6 Å². The van der Waals surface area contributed by atoms with Crippen molar-refractivity contribution in [3.05, 3.63) is 39.4 Å². The van der Waals surface area contributed by atoms with Crippen molar-refractivity contribution in [3.63, 3.8) is 0 Å². The van der Waals surface area contributed by atoms with Crippen LogP contribution in [0.3, 0.4) is 0 Å². The number of hydrogen-bond donors (Lipinski definition) is 2. The monoisotopic (exact) mass is 277 g/mol. The van der Waals surface area contributed by atoms with Gasteiger partial charge in [-0.2, -0.15) is 0 Å². The second-order valence-electron chi connectivity index (χ2n) is 5.04. The van der Waals surface area contributed by atoms with E-state index in [1.165, 1.54) is 12.5 Å². The highest BCUT2D eigenvalue weighted by Crippen LogP contribution is 2.20. The summed E-state index contributed by atoms with van der Waals surface area (Å²) in [7, 11) is 0. The first-order valence-electron chi connectivity index (χ1n) is 6.85. The number of nitrogens with zero attached hydrogens (tertiary/aromatic N) is 1. The number of benzene rings is 1. The molecule has 0 spiro atoms. The van der Waals surface area contributed by atoms with Gasteiger partial charge in [-0.1, -0.05) is 6.07 Å². The van der Waals surface area contributed by atoms with Gasteiger partial charge in [-0.3, -0.25) is 14.9 Å². The van der Waals surface area contributed by atoms with E-state index < -0.39 is 4.92 Å². The molecule has 0 aromatic heterocycles. The molecule has 2 rings (SSSR count). The third kappa shape index (κ3) is 3.33. The highest BCUT2D eigenvalue weighted by atomic mass is 16.6. The number of carbonyl (C=O) groups excluding carboxylic acids is 1. The Balaban J connectivity index is 1.95. The van der Waals surface area contributed by atoms with Crippen LogP contribution in [0.1, 0.15) is 35.2 Å². The van der Waals surface area contributed by atoms with Gasteiger partial charge < -0.3 is 10.6 Å². The Bertz CT molecular complexity index is 510. The van der Waals surface area contributed by atoms with Crippen LogP contribution in [0.15, 0.2) is 18.2 Å². The summed E-state index contributed by atoms with van der Waals surface area (Å²) in [5.41, 5.74) is 0.766. The highest BCUT2D eigenvalue weighted by molar-refractivity contribution is 5.96. The summed E-state index contributed by atoms with van der Waals surface area (Å²) in [4.78, 5) is 22.4. The minimum absolute atomic E-state index is 0.0184. The lowest BCUT2D eigenvalue weighted by Gasteiger charge is -2.11. The summed E-state index contributed by atoms with van der Waals surface area (Å²) >= 11 is 0. The summed E-state index contributed by atoms with van der Waals surface area (Å²) in [6.07, 6.45) is 3.22. The number of rotatable bonds is 5. The topological polar surface area (TPSA) is 84.3 Å². The predicted octanol–water partition coefficient (Wildman–Crippen LogP) is 1.78. The normalized spacial score (nSPS) is 17.9. The average Bonchev–Trinajstić information content (AvgIpc) is 2.91. The molecule has 1 atom stereocenters. The highest BCUT2D eigenvalue weighted by Gasteiger charge is 2.18. The number of amides is 1. The molecule has 0 saturated carbocycles. The van der Waals surface area contributed by atoms with Crippen molar-refractivity contribution in [1.29, 1.82) is 0 Å². The van der Waals surface area contributed by atoms with Gasteiger partial charge in [0.05, 0.1) is 4.92 Å². The maximum atomic E-state index is 12.1. The van der Waals surface area contributed by atoms with Crippen LogP contribution in [0.2, 0.25) is 0 Å². The Morgan fingerprint density at radius 1 is 1.55 bits per heavy atom. The fourth-order valence-corrected chi connectivity index (χ4v) is 2.53. The van der Waals surface area contributed by atoms with E-state index in [4.69, 9.17) is 0 Å². The van der Waals surface area contributed by atoms with Crippen molar-refractivity contribution in [3.8, 4) is 0 Å². The molecule has 0 aliphatic carbocycles. The first-order chi connectivity index (χ1) is 9.59. The van der Waals surface area contributed by atoms with Gasteiger partial charge in [0, 0.05) is 29.8 Å². The Hall–Kier alpha value is -1.95. The zero-order chi connectivity index (χ0) is 14.5. The average molecular weight is 277 g/mol. The molecule has 108 valence electrons. The van der Waals surface area contributed by atoms with E-state index in [1.54, 1.807) is 19.1 Å². The third-order valence-electron chi connectivity index (χ3n) is 3.69. The van der Waals surface area contributed by atoms with Crippen LogP contribution in [-0.2, 0) is 0 Å². The van der Waals surface area contributed by atoms with Gasteiger partial charge in [-0.15, -0.1) is 0 Å². The fraction of sp³-hybridized carbons (Fsp3) is 0.500. The van der Waals surface area contributed by atoms with Crippen LogP contribution < -0.4 is 10.6 Å². The second kappa shape index (κ2) is 6.47. The molecule has 1 aromatic carbocycles. The Morgan fingerprint density at radius 3 is 3.00 bits per heavy atom. The van der Waals surface area contributed by atoms with Gasteiger partial charge in [0.2, 0.25) is 0 Å². The molecule has 1 unspecified atom stereocenters. The van der Waals surface area contributed by atoms with E-state index in [1.807, 2.05) is 0 Å². The van der Waals surface area contributed by atoms with E-state index in [2.05, 4.69) is 10.6 Å². The second-order valence-corrected chi connectivity index (χ2v) is 5.04. The first-order valence-corrected chi connectivity index (χ1v) is 6.85. The standard InChI is InChI=1S/C14H19N3O3/c1-10-12(5-2-6-13(10)17(19)20)14(18)16-9-7-11-4-3-8-15-11/h2,5-6,11,15H,3-4,7-9H2,1H3,(H,16,18). The van der Waals surface area contributed by atoms with E-state index in [0.717, 1.165) is 19.4 Å². The molecule has 2 N–H and O–H groups in total. The smallest absolute Gasteiger partial charge is 0.273 e. The molecule has 20 heavy (non-hydrogen) atoms. The molecule has 6 heteroatoms. The lowest BCUT2D eigenvalue weighted by Crippen LogP contribution is -2.31. The minimum Gasteiger partial charge on any atom is -0.352 e. The van der Waals surface area contributed by atoms with Crippen LogP contribution >= 0.6 is 0 Å². The van der Waals surface area contributed by atoms with E-state index in [9.17, 15) is 14.9 Å². The molecule has 6 nitrogen and oxygen atoms in total. The number of nitro groups is 1.